The largest absolute Gasteiger partial charge is 0.394 e. The van der Waals surface area contributed by atoms with Gasteiger partial charge in [0.15, 0.2) is 0 Å². The van der Waals surface area contributed by atoms with Crippen LogP contribution < -0.4 is 11.3 Å². The van der Waals surface area contributed by atoms with E-state index in [2.05, 4.69) is 11.9 Å². The van der Waals surface area contributed by atoms with Crippen LogP contribution in [0.5, 0.6) is 0 Å². The molecule has 5 heteroatoms. The van der Waals surface area contributed by atoms with Gasteiger partial charge in [0.25, 0.3) is 5.56 Å². The third kappa shape index (κ3) is 2.23. The van der Waals surface area contributed by atoms with Crippen LogP contribution in [0.25, 0.3) is 0 Å². The molecule has 16 heavy (non-hydrogen) atoms. The number of hydrogen-bond donors (Lipinski definition) is 1. The number of aromatic nitrogens is 1. The highest BCUT2D eigenvalue weighted by Crippen LogP contribution is 2.21. The number of likely N-dealkylation sites (N-methyl/N-ethyl adjacent to an activating group) is 1. The highest BCUT2D eigenvalue weighted by atomic mass is 35.5. The maximum atomic E-state index is 11.9. The van der Waals surface area contributed by atoms with Crippen molar-refractivity contribution in [2.24, 2.45) is 0 Å². The molecule has 1 aromatic rings. The van der Waals surface area contributed by atoms with Gasteiger partial charge in [-0.25, -0.2) is 0 Å². The molecule has 0 spiro atoms. The van der Waals surface area contributed by atoms with Gasteiger partial charge in [-0.2, -0.15) is 0 Å². The molecular formula is C11H16ClN3O. The number of anilines is 1. The van der Waals surface area contributed by atoms with Crippen LogP contribution in [0.2, 0.25) is 5.02 Å². The quantitative estimate of drug-likeness (QED) is 0.808. The Labute approximate surface area is 99.6 Å². The summed E-state index contributed by atoms with van der Waals surface area (Å²) in [5, 5.41) is 0.519. The van der Waals surface area contributed by atoms with Crippen LogP contribution in [0.3, 0.4) is 0 Å². The lowest BCUT2D eigenvalue weighted by Gasteiger charge is -2.31. The van der Waals surface area contributed by atoms with E-state index >= 15 is 0 Å². The number of hydrogen-bond acceptors (Lipinski definition) is 3. The smallest absolute Gasteiger partial charge is 0.274 e. The zero-order valence-corrected chi connectivity index (χ0v) is 10.1. The fraction of sp³-hybridized carbons (Fsp3) is 0.545. The SMILES string of the molecule is CN1CCCC(n2cc(Cl)cc(N)c2=O)C1. The van der Waals surface area contributed by atoms with Gasteiger partial charge in [-0.05, 0) is 32.5 Å². The van der Waals surface area contributed by atoms with Gasteiger partial charge in [0.05, 0.1) is 10.7 Å². The van der Waals surface area contributed by atoms with Crippen molar-refractivity contribution in [3.63, 3.8) is 0 Å². The average Bonchev–Trinajstić information content (AvgIpc) is 2.23. The van der Waals surface area contributed by atoms with E-state index in [-0.39, 0.29) is 17.3 Å². The van der Waals surface area contributed by atoms with Crippen molar-refractivity contribution >= 4 is 17.3 Å². The Bertz CT molecular complexity index is 443. The molecule has 0 radical (unpaired) electrons. The van der Waals surface area contributed by atoms with E-state index in [1.165, 1.54) is 6.07 Å². The van der Waals surface area contributed by atoms with E-state index in [1.807, 2.05) is 0 Å². The number of halogens is 1. The standard InChI is InChI=1S/C11H16ClN3O/c1-14-4-2-3-9(7-14)15-6-8(12)5-10(13)11(15)16/h5-6,9H,2-4,7,13H2,1H3. The Kier molecular flexibility index (Phi) is 3.21. The normalized spacial score (nSPS) is 22.2. The number of nitrogens with two attached hydrogens (primary N) is 1. The fourth-order valence-corrected chi connectivity index (χ4v) is 2.45. The molecule has 1 fully saturated rings. The summed E-state index contributed by atoms with van der Waals surface area (Å²) in [5.41, 5.74) is 5.72. The van der Waals surface area contributed by atoms with Gasteiger partial charge in [-0.1, -0.05) is 11.6 Å². The summed E-state index contributed by atoms with van der Waals surface area (Å²) in [7, 11) is 2.06. The van der Waals surface area contributed by atoms with Crippen LogP contribution >= 0.6 is 11.6 Å². The minimum atomic E-state index is -0.135. The highest BCUT2D eigenvalue weighted by Gasteiger charge is 2.20. The van der Waals surface area contributed by atoms with Crippen LogP contribution in [-0.4, -0.2) is 29.6 Å². The van der Waals surface area contributed by atoms with Crippen molar-refractivity contribution in [3.8, 4) is 0 Å². The Morgan fingerprint density at radius 1 is 1.56 bits per heavy atom. The highest BCUT2D eigenvalue weighted by molar-refractivity contribution is 6.30. The van der Waals surface area contributed by atoms with E-state index in [9.17, 15) is 4.79 Å². The number of nitrogens with zero attached hydrogens (tertiary/aromatic N) is 2. The first kappa shape index (κ1) is 11.5. The lowest BCUT2D eigenvalue weighted by atomic mass is 10.1. The summed E-state index contributed by atoms with van der Waals surface area (Å²) >= 11 is 5.92. The van der Waals surface area contributed by atoms with Gasteiger partial charge in [0.2, 0.25) is 0 Å². The predicted octanol–water partition coefficient (Wildman–Crippen LogP) is 1.35. The first-order valence-corrected chi connectivity index (χ1v) is 5.81. The molecule has 1 aliphatic heterocycles. The van der Waals surface area contributed by atoms with E-state index in [4.69, 9.17) is 17.3 Å². The number of rotatable bonds is 1. The molecular weight excluding hydrogens is 226 g/mol. The molecule has 1 aliphatic rings. The van der Waals surface area contributed by atoms with Crippen LogP contribution in [0.15, 0.2) is 17.1 Å². The van der Waals surface area contributed by atoms with Gasteiger partial charge >= 0.3 is 0 Å². The first-order valence-electron chi connectivity index (χ1n) is 5.43. The summed E-state index contributed by atoms with van der Waals surface area (Å²) in [6, 6.07) is 1.69. The maximum absolute atomic E-state index is 11.9. The number of piperidine rings is 1. The maximum Gasteiger partial charge on any atom is 0.274 e. The third-order valence-corrected chi connectivity index (χ3v) is 3.24. The molecule has 0 aliphatic carbocycles. The van der Waals surface area contributed by atoms with E-state index in [0.717, 1.165) is 25.9 Å². The molecule has 1 saturated heterocycles. The minimum absolute atomic E-state index is 0.135. The van der Waals surface area contributed by atoms with Crippen LogP contribution in [0.4, 0.5) is 5.69 Å². The van der Waals surface area contributed by atoms with E-state index in [1.54, 1.807) is 10.8 Å². The second-order valence-corrected chi connectivity index (χ2v) is 4.82. The lowest BCUT2D eigenvalue weighted by Crippen LogP contribution is -2.38. The second-order valence-electron chi connectivity index (χ2n) is 4.38. The Morgan fingerprint density at radius 2 is 2.31 bits per heavy atom. The summed E-state index contributed by atoms with van der Waals surface area (Å²) in [6.07, 6.45) is 3.79. The van der Waals surface area contributed by atoms with Gasteiger partial charge in [-0.3, -0.25) is 4.79 Å². The molecule has 1 atom stereocenters. The molecule has 1 unspecified atom stereocenters. The number of pyridine rings is 1. The molecule has 0 saturated carbocycles. The lowest BCUT2D eigenvalue weighted by molar-refractivity contribution is 0.209. The zero-order valence-electron chi connectivity index (χ0n) is 9.32. The topological polar surface area (TPSA) is 51.3 Å². The summed E-state index contributed by atoms with van der Waals surface area (Å²) < 4.78 is 1.67. The van der Waals surface area contributed by atoms with Crippen molar-refractivity contribution in [3.05, 3.63) is 27.6 Å². The molecule has 4 nitrogen and oxygen atoms in total. The fourth-order valence-electron chi connectivity index (χ4n) is 2.23. The van der Waals surface area contributed by atoms with Crippen molar-refractivity contribution < 1.29 is 0 Å². The van der Waals surface area contributed by atoms with Crippen molar-refractivity contribution in [2.45, 2.75) is 18.9 Å². The average molecular weight is 242 g/mol. The minimum Gasteiger partial charge on any atom is -0.394 e. The molecule has 2 rings (SSSR count). The molecule has 1 aromatic heterocycles. The molecule has 0 aromatic carbocycles. The first-order chi connectivity index (χ1) is 7.58. The summed E-state index contributed by atoms with van der Waals surface area (Å²) in [5.74, 6) is 0. The van der Waals surface area contributed by atoms with Crippen LogP contribution in [0, 0.1) is 0 Å². The monoisotopic (exact) mass is 241 g/mol. The van der Waals surface area contributed by atoms with E-state index < -0.39 is 0 Å². The Balaban J connectivity index is 2.36. The second kappa shape index (κ2) is 4.47. The van der Waals surface area contributed by atoms with Crippen LogP contribution in [-0.2, 0) is 0 Å². The number of likely N-dealkylation sites (tertiary alicyclic amines) is 1. The molecule has 2 heterocycles. The molecule has 88 valence electrons. The number of nitrogen functional groups attached to an aromatic ring is 1. The summed E-state index contributed by atoms with van der Waals surface area (Å²) in [4.78, 5) is 14.1. The Hall–Kier alpha value is -1.00. The van der Waals surface area contributed by atoms with Crippen LogP contribution in [0.1, 0.15) is 18.9 Å². The van der Waals surface area contributed by atoms with Crippen molar-refractivity contribution in [2.75, 3.05) is 25.9 Å². The van der Waals surface area contributed by atoms with Gasteiger partial charge in [0, 0.05) is 18.8 Å². The van der Waals surface area contributed by atoms with Gasteiger partial charge < -0.3 is 15.2 Å². The third-order valence-electron chi connectivity index (χ3n) is 3.03. The van der Waals surface area contributed by atoms with E-state index in [0.29, 0.717) is 5.02 Å². The molecule has 2 N–H and O–H groups in total. The van der Waals surface area contributed by atoms with Crippen molar-refractivity contribution in [1.82, 2.24) is 9.47 Å². The Morgan fingerprint density at radius 3 is 3.00 bits per heavy atom. The molecule has 0 amide bonds. The predicted molar refractivity (Wildman–Crippen MR) is 65.9 cm³/mol. The van der Waals surface area contributed by atoms with Gasteiger partial charge in [-0.15, -0.1) is 0 Å². The zero-order chi connectivity index (χ0) is 11.7. The molecule has 0 bridgehead atoms. The van der Waals surface area contributed by atoms with Gasteiger partial charge in [0.1, 0.15) is 0 Å². The summed E-state index contributed by atoms with van der Waals surface area (Å²) in [6.45, 7) is 1.96. The van der Waals surface area contributed by atoms with Crippen molar-refractivity contribution in [1.29, 1.82) is 0 Å².